The first-order chi connectivity index (χ1) is 10.2. The number of hydrogen-bond donors (Lipinski definition) is 0. The molecule has 0 spiro atoms. The van der Waals surface area contributed by atoms with Crippen molar-refractivity contribution in [1.82, 2.24) is 9.78 Å². The zero-order valence-corrected chi connectivity index (χ0v) is 11.8. The van der Waals surface area contributed by atoms with Gasteiger partial charge in [0.1, 0.15) is 5.69 Å². The molecule has 3 rings (SSSR count). The van der Waals surface area contributed by atoms with Crippen LogP contribution < -0.4 is 0 Å². The van der Waals surface area contributed by atoms with Crippen molar-refractivity contribution in [3.8, 4) is 0 Å². The normalized spacial score (nSPS) is 13.8. The summed E-state index contributed by atoms with van der Waals surface area (Å²) in [6.45, 7) is 5.70. The Balaban J connectivity index is 0.00000176. The molecule has 0 unspecified atom stereocenters. The van der Waals surface area contributed by atoms with Crippen LogP contribution in [-0.2, 0) is 0 Å². The Morgan fingerprint density at radius 1 is 1.33 bits per heavy atom. The number of ketones is 1. The van der Waals surface area contributed by atoms with E-state index in [0.717, 1.165) is 22.5 Å². The summed E-state index contributed by atoms with van der Waals surface area (Å²) in [5, 5.41) is 4.46. The van der Waals surface area contributed by atoms with E-state index in [1.54, 1.807) is 23.3 Å². The van der Waals surface area contributed by atoms with E-state index >= 15 is 0 Å². The van der Waals surface area contributed by atoms with Gasteiger partial charge in [-0.3, -0.25) is 4.79 Å². The van der Waals surface area contributed by atoms with Crippen molar-refractivity contribution in [3.05, 3.63) is 90.2 Å². The van der Waals surface area contributed by atoms with E-state index in [4.69, 9.17) is 0 Å². The van der Waals surface area contributed by atoms with Crippen molar-refractivity contribution >= 4 is 11.5 Å². The van der Waals surface area contributed by atoms with Crippen LogP contribution >= 0.6 is 0 Å². The van der Waals surface area contributed by atoms with Crippen LogP contribution in [0.3, 0.4) is 0 Å². The first-order valence-corrected chi connectivity index (χ1v) is 6.75. The average molecular weight is 277 g/mol. The molecule has 0 N–H and O–H groups in total. The molecule has 105 valence electrons. The number of nitrogens with zero attached hydrogens (tertiary/aromatic N) is 2. The zero-order chi connectivity index (χ0) is 14.8. The minimum Gasteiger partial charge on any atom is -0.287 e. The molecule has 1 aliphatic rings. The largest absolute Gasteiger partial charge is 0.287 e. The fourth-order valence-corrected chi connectivity index (χ4v) is 2.18. The number of carbonyl (C=O) groups is 1. The lowest BCUT2D eigenvalue weighted by molar-refractivity contribution is 0.103. The smallest absolute Gasteiger partial charge is 0.209 e. The number of carbonyl (C=O) groups excluding carboxylic acids is 1. The van der Waals surface area contributed by atoms with Gasteiger partial charge in [0, 0.05) is 24.7 Å². The molecular weight excluding hydrogens is 260 g/mol. The van der Waals surface area contributed by atoms with Crippen LogP contribution in [0.4, 0.5) is 0 Å². The van der Waals surface area contributed by atoms with Gasteiger partial charge in [0.05, 0.1) is 5.70 Å². The predicted octanol–water partition coefficient (Wildman–Crippen LogP) is 3.84. The highest BCUT2D eigenvalue weighted by atomic mass is 16.1. The average Bonchev–Trinajstić information content (AvgIpc) is 3.28. The molecular formula is C18H17N2O. The van der Waals surface area contributed by atoms with Crippen LogP contribution in [0.25, 0.3) is 5.70 Å². The Bertz CT molecular complexity index is 770. The highest BCUT2D eigenvalue weighted by Crippen LogP contribution is 2.24. The minimum absolute atomic E-state index is 0. The maximum atomic E-state index is 12.1. The third-order valence-corrected chi connectivity index (χ3v) is 3.29. The van der Waals surface area contributed by atoms with Crippen LogP contribution in [-0.4, -0.2) is 15.6 Å². The van der Waals surface area contributed by atoms with E-state index < -0.39 is 0 Å². The van der Waals surface area contributed by atoms with Gasteiger partial charge >= 0.3 is 0 Å². The molecule has 1 heterocycles. The number of hydrogen-bond acceptors (Lipinski definition) is 2. The van der Waals surface area contributed by atoms with Crippen molar-refractivity contribution in [2.45, 2.75) is 6.92 Å². The number of aryl methyl sites for hydroxylation is 1. The van der Waals surface area contributed by atoms with Gasteiger partial charge in [0.2, 0.25) is 5.78 Å². The second kappa shape index (κ2) is 5.37. The zero-order valence-electron chi connectivity index (χ0n) is 11.8. The Morgan fingerprint density at radius 2 is 2.05 bits per heavy atom. The maximum Gasteiger partial charge on any atom is 0.209 e. The molecule has 21 heavy (non-hydrogen) atoms. The number of benzene rings is 1. The Morgan fingerprint density at radius 3 is 2.67 bits per heavy atom. The number of rotatable bonds is 5. The summed E-state index contributed by atoms with van der Waals surface area (Å²) in [5.74, 6) is -0.0251. The number of allylic oxidation sites excluding steroid dienone is 4. The van der Waals surface area contributed by atoms with Gasteiger partial charge in [-0.15, -0.1) is 0 Å². The molecule has 0 atom stereocenters. The van der Waals surface area contributed by atoms with Crippen molar-refractivity contribution < 1.29 is 6.22 Å². The molecule has 0 amide bonds. The third-order valence-electron chi connectivity index (χ3n) is 3.29. The number of aromatic nitrogens is 2. The lowest BCUT2D eigenvalue weighted by atomic mass is 10.1. The second-order valence-electron chi connectivity index (χ2n) is 4.85. The highest BCUT2D eigenvalue weighted by Gasteiger charge is 2.23. The summed E-state index contributed by atoms with van der Waals surface area (Å²) < 4.78 is 1.78. The fraction of sp³-hybridized carbons (Fsp3) is 0.0556. The van der Waals surface area contributed by atoms with E-state index in [1.807, 2.05) is 49.4 Å². The molecule has 0 bridgehead atoms. The van der Waals surface area contributed by atoms with E-state index in [-0.39, 0.29) is 7.21 Å². The van der Waals surface area contributed by atoms with Crippen LogP contribution in [0.2, 0.25) is 0 Å². The van der Waals surface area contributed by atoms with Crippen molar-refractivity contribution in [3.63, 3.8) is 0 Å². The quantitative estimate of drug-likeness (QED) is 0.615. The third kappa shape index (κ3) is 2.63. The molecule has 0 aliphatic heterocycles. The van der Waals surface area contributed by atoms with Crippen LogP contribution in [0, 0.1) is 13.3 Å². The van der Waals surface area contributed by atoms with Gasteiger partial charge in [-0.2, -0.15) is 5.10 Å². The summed E-state index contributed by atoms with van der Waals surface area (Å²) in [6.07, 6.45) is 7.22. The minimum atomic E-state index is -0.0251. The topological polar surface area (TPSA) is 34.9 Å². The Labute approximate surface area is 125 Å². The molecule has 0 fully saturated rings. The Hall–Kier alpha value is -2.68. The summed E-state index contributed by atoms with van der Waals surface area (Å²) in [7, 11) is 0. The van der Waals surface area contributed by atoms with E-state index in [1.165, 1.54) is 0 Å². The molecule has 0 saturated carbocycles. The SMILES string of the molecule is C=C/C=C(/c1ccccc1)n1nc(C(=O)C2=C[CH]2)cc1C.[HH]. The highest BCUT2D eigenvalue weighted by molar-refractivity contribution is 6.13. The van der Waals surface area contributed by atoms with Gasteiger partial charge < -0.3 is 0 Å². The first kappa shape index (κ1) is 13.3. The van der Waals surface area contributed by atoms with Crippen molar-refractivity contribution in [2.24, 2.45) is 0 Å². The lowest BCUT2D eigenvalue weighted by Gasteiger charge is -2.09. The molecule has 0 saturated heterocycles. The summed E-state index contributed by atoms with van der Waals surface area (Å²) in [5.41, 5.74) is 4.04. The van der Waals surface area contributed by atoms with Gasteiger partial charge in [0.15, 0.2) is 0 Å². The van der Waals surface area contributed by atoms with Gasteiger partial charge in [-0.25, -0.2) is 4.68 Å². The standard InChI is InChI=1S/C18H15N2O.H2/c1-3-7-17(14-8-5-4-6-9-14)20-13(2)12-16(19-20)18(21)15-10-11-15;/h3-12H,1H2,2H3;1H/b17-7-;. The fourth-order valence-electron chi connectivity index (χ4n) is 2.18. The predicted molar refractivity (Wildman–Crippen MR) is 85.8 cm³/mol. The summed E-state index contributed by atoms with van der Waals surface area (Å²) in [6, 6.07) is 11.7. The molecule has 1 radical (unpaired) electrons. The first-order valence-electron chi connectivity index (χ1n) is 6.75. The van der Waals surface area contributed by atoms with Gasteiger partial charge in [-0.1, -0.05) is 49.1 Å². The van der Waals surface area contributed by atoms with E-state index in [2.05, 4.69) is 11.7 Å². The molecule has 2 aromatic rings. The lowest BCUT2D eigenvalue weighted by Crippen LogP contribution is -2.05. The molecule has 3 nitrogen and oxygen atoms in total. The number of Topliss-reactive ketones (excluding diaryl/α,β-unsaturated/α-hetero) is 1. The van der Waals surface area contributed by atoms with Gasteiger partial charge in [0.25, 0.3) is 0 Å². The van der Waals surface area contributed by atoms with Gasteiger partial charge in [-0.05, 0) is 19.1 Å². The van der Waals surface area contributed by atoms with E-state index in [9.17, 15) is 4.79 Å². The second-order valence-corrected chi connectivity index (χ2v) is 4.85. The molecule has 1 aromatic heterocycles. The van der Waals surface area contributed by atoms with Crippen LogP contribution in [0.5, 0.6) is 0 Å². The van der Waals surface area contributed by atoms with Crippen LogP contribution in [0.1, 0.15) is 23.2 Å². The molecule has 1 aliphatic carbocycles. The molecule has 3 heteroatoms. The van der Waals surface area contributed by atoms with Crippen molar-refractivity contribution in [1.29, 1.82) is 0 Å². The molecule has 1 aromatic carbocycles. The van der Waals surface area contributed by atoms with E-state index in [0.29, 0.717) is 5.69 Å². The Kier molecular flexibility index (Phi) is 3.40. The van der Waals surface area contributed by atoms with Crippen LogP contribution in [0.15, 0.2) is 66.8 Å². The summed E-state index contributed by atoms with van der Waals surface area (Å²) >= 11 is 0. The maximum absolute atomic E-state index is 12.1. The van der Waals surface area contributed by atoms with Crippen molar-refractivity contribution in [2.75, 3.05) is 0 Å². The monoisotopic (exact) mass is 277 g/mol. The summed E-state index contributed by atoms with van der Waals surface area (Å²) in [4.78, 5) is 12.1.